The Morgan fingerprint density at radius 1 is 1.14 bits per heavy atom. The van der Waals surface area contributed by atoms with E-state index in [4.69, 9.17) is 0 Å². The smallest absolute Gasteiger partial charge is 0.289 e. The molecule has 1 aromatic rings. The first-order chi connectivity index (χ1) is 10.3. The molecule has 1 amide bonds. The molecule has 0 aliphatic carbocycles. The van der Waals surface area contributed by atoms with Gasteiger partial charge < -0.3 is 4.90 Å². The highest BCUT2D eigenvalue weighted by molar-refractivity contribution is 5.99. The van der Waals surface area contributed by atoms with Crippen LogP contribution < -0.4 is 0 Å². The van der Waals surface area contributed by atoms with Crippen molar-refractivity contribution in [2.45, 2.75) is 45.2 Å². The Morgan fingerprint density at radius 2 is 1.73 bits per heavy atom. The zero-order valence-electron chi connectivity index (χ0n) is 12.4. The van der Waals surface area contributed by atoms with Crippen LogP contribution in [-0.4, -0.2) is 32.7 Å². The predicted octanol–water partition coefficient (Wildman–Crippen LogP) is 2.91. The SMILES string of the molecule is C[C@H]1CCC[C@H](C)N1C(=O)c1ccc([N+](=O)[O-])cc1[N+](=O)[O-]. The van der Waals surface area contributed by atoms with E-state index in [9.17, 15) is 25.0 Å². The van der Waals surface area contributed by atoms with Crippen LogP contribution in [0.1, 0.15) is 43.5 Å². The van der Waals surface area contributed by atoms with Gasteiger partial charge in [0, 0.05) is 18.2 Å². The lowest BCUT2D eigenvalue weighted by Crippen LogP contribution is -2.47. The fourth-order valence-corrected chi connectivity index (χ4v) is 2.93. The lowest BCUT2D eigenvalue weighted by molar-refractivity contribution is -0.394. The highest BCUT2D eigenvalue weighted by Gasteiger charge is 2.34. The highest BCUT2D eigenvalue weighted by atomic mass is 16.6. The van der Waals surface area contributed by atoms with Crippen molar-refractivity contribution < 1.29 is 14.6 Å². The van der Waals surface area contributed by atoms with Gasteiger partial charge in [-0.3, -0.25) is 25.0 Å². The Kier molecular flexibility index (Phi) is 4.39. The maximum atomic E-state index is 12.7. The maximum Gasteiger partial charge on any atom is 0.289 e. The van der Waals surface area contributed by atoms with Gasteiger partial charge in [-0.1, -0.05) is 0 Å². The summed E-state index contributed by atoms with van der Waals surface area (Å²) >= 11 is 0. The second-order valence-corrected chi connectivity index (χ2v) is 5.56. The van der Waals surface area contributed by atoms with Gasteiger partial charge in [-0.15, -0.1) is 0 Å². The highest BCUT2D eigenvalue weighted by Crippen LogP contribution is 2.30. The predicted molar refractivity (Wildman–Crippen MR) is 78.7 cm³/mol. The first-order valence-electron chi connectivity index (χ1n) is 7.08. The lowest BCUT2D eigenvalue weighted by Gasteiger charge is -2.39. The number of amides is 1. The van der Waals surface area contributed by atoms with Crippen molar-refractivity contribution >= 4 is 17.3 Å². The second kappa shape index (κ2) is 6.08. The summed E-state index contributed by atoms with van der Waals surface area (Å²) in [6.45, 7) is 3.82. The summed E-state index contributed by atoms with van der Waals surface area (Å²) in [5.74, 6) is -0.443. The van der Waals surface area contributed by atoms with Crippen molar-refractivity contribution in [2.24, 2.45) is 0 Å². The molecular formula is C14H17N3O5. The summed E-state index contributed by atoms with van der Waals surface area (Å²) in [6, 6.07) is 3.12. The van der Waals surface area contributed by atoms with Crippen molar-refractivity contribution in [3.8, 4) is 0 Å². The van der Waals surface area contributed by atoms with Gasteiger partial charge in [0.05, 0.1) is 15.9 Å². The number of nitrogens with zero attached hydrogens (tertiary/aromatic N) is 3. The quantitative estimate of drug-likeness (QED) is 0.630. The minimum absolute atomic E-state index is 0.00829. The third-order valence-corrected chi connectivity index (χ3v) is 4.05. The van der Waals surface area contributed by atoms with Crippen LogP contribution in [0.15, 0.2) is 18.2 Å². The van der Waals surface area contributed by atoms with Gasteiger partial charge in [0.1, 0.15) is 5.56 Å². The zero-order valence-corrected chi connectivity index (χ0v) is 12.4. The van der Waals surface area contributed by atoms with Crippen molar-refractivity contribution in [1.82, 2.24) is 4.90 Å². The molecule has 1 aliphatic rings. The molecule has 1 saturated heterocycles. The molecule has 0 N–H and O–H groups in total. The second-order valence-electron chi connectivity index (χ2n) is 5.56. The third kappa shape index (κ3) is 2.90. The lowest BCUT2D eigenvalue weighted by atomic mass is 9.96. The van der Waals surface area contributed by atoms with Gasteiger partial charge in [-0.05, 0) is 39.2 Å². The Bertz CT molecular complexity index is 621. The summed E-state index contributed by atoms with van der Waals surface area (Å²) in [5, 5.41) is 21.9. The molecular weight excluding hydrogens is 290 g/mol. The van der Waals surface area contributed by atoms with Crippen LogP contribution >= 0.6 is 0 Å². The number of benzene rings is 1. The van der Waals surface area contributed by atoms with E-state index in [-0.39, 0.29) is 17.6 Å². The molecule has 0 spiro atoms. The van der Waals surface area contributed by atoms with Gasteiger partial charge >= 0.3 is 0 Å². The van der Waals surface area contributed by atoms with Crippen LogP contribution in [0.5, 0.6) is 0 Å². The van der Waals surface area contributed by atoms with Gasteiger partial charge in [0.25, 0.3) is 17.3 Å². The number of carbonyl (C=O) groups excluding carboxylic acids is 1. The van der Waals surface area contributed by atoms with Crippen LogP contribution in [-0.2, 0) is 0 Å². The fourth-order valence-electron chi connectivity index (χ4n) is 2.93. The first-order valence-corrected chi connectivity index (χ1v) is 7.08. The van der Waals surface area contributed by atoms with Crippen molar-refractivity contribution in [1.29, 1.82) is 0 Å². The average Bonchev–Trinajstić information content (AvgIpc) is 2.46. The molecule has 1 fully saturated rings. The zero-order chi connectivity index (χ0) is 16.4. The molecule has 1 heterocycles. The Hall–Kier alpha value is -2.51. The average molecular weight is 307 g/mol. The van der Waals surface area contributed by atoms with Crippen LogP contribution in [0.3, 0.4) is 0 Å². The van der Waals surface area contributed by atoms with Crippen LogP contribution in [0.4, 0.5) is 11.4 Å². The van der Waals surface area contributed by atoms with Crippen LogP contribution in [0.25, 0.3) is 0 Å². The number of carbonyl (C=O) groups is 1. The van der Waals surface area contributed by atoms with E-state index in [1.807, 2.05) is 13.8 Å². The minimum Gasteiger partial charge on any atom is -0.333 e. The number of nitro benzene ring substituents is 2. The molecule has 1 aromatic carbocycles. The number of piperidine rings is 1. The van der Waals surface area contributed by atoms with Gasteiger partial charge in [0.15, 0.2) is 0 Å². The molecule has 0 unspecified atom stereocenters. The standard InChI is InChI=1S/C14H17N3O5/c1-9-4-3-5-10(2)15(9)14(18)12-7-6-11(16(19)20)8-13(12)17(21)22/h6-10H,3-5H2,1-2H3/t9-,10-/m0/s1. The van der Waals surface area contributed by atoms with Gasteiger partial charge in [-0.25, -0.2) is 0 Å². The third-order valence-electron chi connectivity index (χ3n) is 4.05. The number of non-ortho nitro benzene ring substituents is 1. The molecule has 0 bridgehead atoms. The Labute approximate surface area is 127 Å². The van der Waals surface area contributed by atoms with E-state index in [0.717, 1.165) is 31.4 Å². The van der Waals surface area contributed by atoms with E-state index >= 15 is 0 Å². The molecule has 0 radical (unpaired) electrons. The molecule has 118 valence electrons. The number of rotatable bonds is 3. The van der Waals surface area contributed by atoms with E-state index in [0.29, 0.717) is 0 Å². The molecule has 2 atom stereocenters. The first kappa shape index (κ1) is 15.9. The number of nitro groups is 2. The van der Waals surface area contributed by atoms with E-state index in [1.54, 1.807) is 4.90 Å². The Morgan fingerprint density at radius 3 is 2.23 bits per heavy atom. The number of hydrogen-bond donors (Lipinski definition) is 0. The molecule has 1 aliphatic heterocycles. The summed E-state index contributed by atoms with van der Waals surface area (Å²) in [6.07, 6.45) is 2.70. The Balaban J connectivity index is 2.44. The molecule has 0 aromatic heterocycles. The minimum atomic E-state index is -0.750. The van der Waals surface area contributed by atoms with E-state index in [2.05, 4.69) is 0 Å². The summed E-state index contributed by atoms with van der Waals surface area (Å²) in [5.41, 5.74) is -1.02. The molecule has 2 rings (SSSR count). The monoisotopic (exact) mass is 307 g/mol. The van der Waals surface area contributed by atoms with Crippen molar-refractivity contribution in [3.05, 3.63) is 44.0 Å². The molecule has 8 heteroatoms. The van der Waals surface area contributed by atoms with Gasteiger partial charge in [-0.2, -0.15) is 0 Å². The summed E-state index contributed by atoms with van der Waals surface area (Å²) < 4.78 is 0. The molecule has 22 heavy (non-hydrogen) atoms. The number of hydrogen-bond acceptors (Lipinski definition) is 5. The maximum absolute atomic E-state index is 12.7. The number of likely N-dealkylation sites (tertiary alicyclic amines) is 1. The van der Waals surface area contributed by atoms with E-state index < -0.39 is 27.1 Å². The molecule has 0 saturated carbocycles. The summed E-state index contributed by atoms with van der Waals surface area (Å²) in [7, 11) is 0. The van der Waals surface area contributed by atoms with Gasteiger partial charge in [0.2, 0.25) is 0 Å². The fraction of sp³-hybridized carbons (Fsp3) is 0.500. The molecule has 8 nitrogen and oxygen atoms in total. The van der Waals surface area contributed by atoms with Crippen LogP contribution in [0.2, 0.25) is 0 Å². The normalized spacial score (nSPS) is 21.5. The van der Waals surface area contributed by atoms with E-state index in [1.165, 1.54) is 6.07 Å². The van der Waals surface area contributed by atoms with Crippen molar-refractivity contribution in [2.75, 3.05) is 0 Å². The largest absolute Gasteiger partial charge is 0.333 e. The topological polar surface area (TPSA) is 107 Å². The van der Waals surface area contributed by atoms with Crippen LogP contribution in [0, 0.1) is 20.2 Å². The summed E-state index contributed by atoms with van der Waals surface area (Å²) in [4.78, 5) is 34.8. The van der Waals surface area contributed by atoms with Crippen molar-refractivity contribution in [3.63, 3.8) is 0 Å².